The Morgan fingerprint density at radius 3 is 2.68 bits per heavy atom. The summed E-state index contributed by atoms with van der Waals surface area (Å²) in [5.74, 6) is -1.92. The first-order chi connectivity index (χ1) is 12.0. The standard InChI is InChI=1S/C16H21N5O4/c1-18-16(24)13(20-15(23)11(17)7-14(22)21-25)6-9-8-19-12-5-3-2-4-10(9)12/h2-5,8-9,11,13,25H,6-7,17H2,1H3,(H,18,24)(H,20,23)(H,21,22)/t9?,11-,13?/m1/s1. The molecule has 0 aromatic heterocycles. The maximum atomic E-state index is 12.1. The highest BCUT2D eigenvalue weighted by atomic mass is 16.5. The van der Waals surface area contributed by atoms with E-state index in [2.05, 4.69) is 15.6 Å². The first kappa shape index (κ1) is 18.6. The molecule has 0 spiro atoms. The minimum absolute atomic E-state index is 0.115. The van der Waals surface area contributed by atoms with E-state index in [4.69, 9.17) is 10.9 Å². The summed E-state index contributed by atoms with van der Waals surface area (Å²) in [5, 5.41) is 13.5. The molecule has 2 unspecified atom stereocenters. The molecule has 0 radical (unpaired) electrons. The Balaban J connectivity index is 2.05. The number of benzene rings is 1. The number of amides is 3. The van der Waals surface area contributed by atoms with E-state index in [0.717, 1.165) is 11.3 Å². The summed E-state index contributed by atoms with van der Waals surface area (Å²) in [6.07, 6.45) is 1.66. The Morgan fingerprint density at radius 2 is 2.00 bits per heavy atom. The molecule has 0 saturated carbocycles. The smallest absolute Gasteiger partial charge is 0.245 e. The number of rotatable bonds is 7. The van der Waals surface area contributed by atoms with Gasteiger partial charge in [0.1, 0.15) is 6.04 Å². The van der Waals surface area contributed by atoms with Gasteiger partial charge in [0.15, 0.2) is 0 Å². The fraction of sp³-hybridized carbons (Fsp3) is 0.375. The van der Waals surface area contributed by atoms with E-state index in [9.17, 15) is 14.4 Å². The molecule has 0 bridgehead atoms. The number of carbonyl (C=O) groups excluding carboxylic acids is 3. The summed E-state index contributed by atoms with van der Waals surface area (Å²) in [4.78, 5) is 39.7. The lowest BCUT2D eigenvalue weighted by Gasteiger charge is -2.22. The van der Waals surface area contributed by atoms with Crippen LogP contribution in [0.5, 0.6) is 0 Å². The summed E-state index contributed by atoms with van der Waals surface area (Å²) in [6, 6.07) is 5.56. The largest absolute Gasteiger partial charge is 0.357 e. The van der Waals surface area contributed by atoms with E-state index in [1.807, 2.05) is 24.3 Å². The second-order valence-electron chi connectivity index (χ2n) is 5.70. The zero-order chi connectivity index (χ0) is 18.4. The van der Waals surface area contributed by atoms with Crippen molar-refractivity contribution < 1.29 is 19.6 Å². The van der Waals surface area contributed by atoms with Crippen LogP contribution in [0.4, 0.5) is 5.69 Å². The van der Waals surface area contributed by atoms with Crippen molar-refractivity contribution in [2.75, 3.05) is 7.05 Å². The number of hydrogen-bond donors (Lipinski definition) is 5. The van der Waals surface area contributed by atoms with Crippen LogP contribution < -0.4 is 21.8 Å². The molecule has 9 nitrogen and oxygen atoms in total. The van der Waals surface area contributed by atoms with Crippen LogP contribution >= 0.6 is 0 Å². The number of likely N-dealkylation sites (N-methyl/N-ethyl adjacent to an activating group) is 1. The number of hydrogen-bond acceptors (Lipinski definition) is 6. The van der Waals surface area contributed by atoms with Crippen LogP contribution in [0.2, 0.25) is 0 Å². The van der Waals surface area contributed by atoms with Gasteiger partial charge in [0.25, 0.3) is 0 Å². The number of aliphatic imine (C=N–C) groups is 1. The molecule has 1 heterocycles. The maximum Gasteiger partial charge on any atom is 0.245 e. The molecule has 134 valence electrons. The van der Waals surface area contributed by atoms with Gasteiger partial charge in [-0.15, -0.1) is 0 Å². The number of carbonyl (C=O) groups is 3. The van der Waals surface area contributed by atoms with Crippen LogP contribution in [0, 0.1) is 0 Å². The predicted octanol–water partition coefficient (Wildman–Crippen LogP) is -0.670. The second kappa shape index (κ2) is 8.36. The van der Waals surface area contributed by atoms with Gasteiger partial charge in [-0.25, -0.2) is 5.48 Å². The third kappa shape index (κ3) is 4.61. The van der Waals surface area contributed by atoms with Crippen LogP contribution in [-0.4, -0.2) is 48.3 Å². The Bertz CT molecular complexity index is 691. The monoisotopic (exact) mass is 347 g/mol. The average molecular weight is 347 g/mol. The third-order valence-electron chi connectivity index (χ3n) is 3.97. The normalized spacial score (nSPS) is 17.3. The van der Waals surface area contributed by atoms with E-state index in [1.54, 1.807) is 6.21 Å². The molecule has 1 aliphatic rings. The van der Waals surface area contributed by atoms with E-state index in [1.165, 1.54) is 12.5 Å². The van der Waals surface area contributed by atoms with Gasteiger partial charge in [-0.05, 0) is 18.1 Å². The fourth-order valence-electron chi connectivity index (χ4n) is 2.63. The molecule has 9 heteroatoms. The summed E-state index contributed by atoms with van der Waals surface area (Å²) in [7, 11) is 1.47. The number of nitrogens with zero attached hydrogens (tertiary/aromatic N) is 1. The van der Waals surface area contributed by atoms with E-state index >= 15 is 0 Å². The van der Waals surface area contributed by atoms with Crippen molar-refractivity contribution in [2.45, 2.75) is 30.8 Å². The molecule has 1 aromatic rings. The van der Waals surface area contributed by atoms with Gasteiger partial charge in [0, 0.05) is 19.2 Å². The van der Waals surface area contributed by atoms with Crippen molar-refractivity contribution in [1.82, 2.24) is 16.1 Å². The number of nitrogens with two attached hydrogens (primary N) is 1. The molecular weight excluding hydrogens is 326 g/mol. The van der Waals surface area contributed by atoms with Gasteiger partial charge in [-0.2, -0.15) is 0 Å². The summed E-state index contributed by atoms with van der Waals surface area (Å²) in [6.45, 7) is 0. The Hall–Kier alpha value is -2.78. The van der Waals surface area contributed by atoms with Crippen LogP contribution in [0.1, 0.15) is 24.3 Å². The fourth-order valence-corrected chi connectivity index (χ4v) is 2.63. The molecule has 2 rings (SSSR count). The van der Waals surface area contributed by atoms with Crippen molar-refractivity contribution in [3.8, 4) is 0 Å². The zero-order valence-corrected chi connectivity index (χ0v) is 13.7. The maximum absolute atomic E-state index is 12.1. The van der Waals surface area contributed by atoms with Gasteiger partial charge < -0.3 is 16.4 Å². The SMILES string of the molecule is CNC(=O)C(CC1C=Nc2ccccc21)NC(=O)[C@H](N)CC(=O)NO. The number of hydroxylamine groups is 1. The van der Waals surface area contributed by atoms with Crippen LogP contribution in [0.3, 0.4) is 0 Å². The highest BCUT2D eigenvalue weighted by Gasteiger charge is 2.29. The summed E-state index contributed by atoms with van der Waals surface area (Å²) < 4.78 is 0. The lowest BCUT2D eigenvalue weighted by molar-refractivity contribution is -0.133. The van der Waals surface area contributed by atoms with Crippen molar-refractivity contribution >= 4 is 29.6 Å². The minimum atomic E-state index is -1.18. The first-order valence-electron chi connectivity index (χ1n) is 7.79. The molecule has 0 aliphatic carbocycles. The van der Waals surface area contributed by atoms with Gasteiger partial charge in [-0.3, -0.25) is 24.6 Å². The molecule has 1 aliphatic heterocycles. The molecule has 1 aromatic carbocycles. The van der Waals surface area contributed by atoms with Gasteiger partial charge >= 0.3 is 0 Å². The molecule has 0 fully saturated rings. The number of para-hydroxylation sites is 1. The zero-order valence-electron chi connectivity index (χ0n) is 13.7. The third-order valence-corrected chi connectivity index (χ3v) is 3.97. The molecule has 6 N–H and O–H groups in total. The van der Waals surface area contributed by atoms with Crippen molar-refractivity contribution in [3.05, 3.63) is 29.8 Å². The predicted molar refractivity (Wildman–Crippen MR) is 90.5 cm³/mol. The lowest BCUT2D eigenvalue weighted by Crippen LogP contribution is -2.52. The molecular formula is C16H21N5O4. The van der Waals surface area contributed by atoms with Crippen LogP contribution in [0.25, 0.3) is 0 Å². The van der Waals surface area contributed by atoms with E-state index < -0.39 is 30.3 Å². The molecule has 3 atom stereocenters. The van der Waals surface area contributed by atoms with Gasteiger partial charge in [-0.1, -0.05) is 18.2 Å². The lowest BCUT2D eigenvalue weighted by atomic mass is 9.93. The Morgan fingerprint density at radius 1 is 1.28 bits per heavy atom. The Labute approximate surface area is 144 Å². The average Bonchev–Trinajstić information content (AvgIpc) is 3.03. The highest BCUT2D eigenvalue weighted by molar-refractivity contribution is 5.92. The van der Waals surface area contributed by atoms with Gasteiger partial charge in [0.05, 0.1) is 18.2 Å². The van der Waals surface area contributed by atoms with Gasteiger partial charge in [0.2, 0.25) is 17.7 Å². The van der Waals surface area contributed by atoms with E-state index in [-0.39, 0.29) is 11.8 Å². The summed E-state index contributed by atoms with van der Waals surface area (Å²) >= 11 is 0. The highest BCUT2D eigenvalue weighted by Crippen LogP contribution is 2.34. The first-order valence-corrected chi connectivity index (χ1v) is 7.79. The number of nitrogens with one attached hydrogen (secondary N) is 3. The number of fused-ring (bicyclic) bond motifs is 1. The minimum Gasteiger partial charge on any atom is -0.357 e. The second-order valence-corrected chi connectivity index (χ2v) is 5.70. The molecule has 25 heavy (non-hydrogen) atoms. The van der Waals surface area contributed by atoms with Crippen LogP contribution in [0.15, 0.2) is 29.3 Å². The topological polar surface area (TPSA) is 146 Å². The van der Waals surface area contributed by atoms with Crippen molar-refractivity contribution in [2.24, 2.45) is 10.7 Å². The molecule has 3 amide bonds. The van der Waals surface area contributed by atoms with E-state index in [0.29, 0.717) is 6.42 Å². The van der Waals surface area contributed by atoms with Crippen LogP contribution in [-0.2, 0) is 14.4 Å². The van der Waals surface area contributed by atoms with Crippen molar-refractivity contribution in [1.29, 1.82) is 0 Å². The van der Waals surface area contributed by atoms with Crippen molar-refractivity contribution in [3.63, 3.8) is 0 Å². The Kier molecular flexibility index (Phi) is 6.20. The quantitative estimate of drug-likeness (QED) is 0.328. The molecule has 0 saturated heterocycles. The summed E-state index contributed by atoms with van der Waals surface area (Å²) in [5.41, 5.74) is 8.86.